The Kier molecular flexibility index (Phi) is 5.00. The predicted octanol–water partition coefficient (Wildman–Crippen LogP) is 4.63. The summed E-state index contributed by atoms with van der Waals surface area (Å²) in [5.74, 6) is -0.0985. The van der Waals surface area contributed by atoms with Crippen LogP contribution < -0.4 is 14.5 Å². The Morgan fingerprint density at radius 1 is 1.12 bits per heavy atom. The zero-order chi connectivity index (χ0) is 23.3. The van der Waals surface area contributed by atoms with Crippen molar-refractivity contribution < 1.29 is 24.2 Å². The molecule has 1 unspecified atom stereocenters. The van der Waals surface area contributed by atoms with E-state index in [-0.39, 0.29) is 29.2 Å². The number of amides is 1. The first-order valence-corrected chi connectivity index (χ1v) is 11.1. The molecule has 33 heavy (non-hydrogen) atoms. The molecule has 3 aliphatic rings. The SMILES string of the molecule is COc1cccc2c1OC(C)(C)C2C1=NN(c2ccc(C(=O)O)cc2)C(=O)[C@@H]2CC=CC[C@H]12. The maximum Gasteiger partial charge on any atom is 0.335 e. The van der Waals surface area contributed by atoms with Crippen LogP contribution in [-0.4, -0.2) is 35.4 Å². The van der Waals surface area contributed by atoms with E-state index < -0.39 is 11.6 Å². The molecule has 2 aliphatic heterocycles. The number of allylic oxidation sites excluding steroid dienone is 2. The third kappa shape index (κ3) is 3.39. The van der Waals surface area contributed by atoms with E-state index in [0.717, 1.165) is 23.4 Å². The number of hydrogen-bond acceptors (Lipinski definition) is 5. The van der Waals surface area contributed by atoms with Gasteiger partial charge in [-0.25, -0.2) is 9.80 Å². The van der Waals surface area contributed by atoms with Crippen LogP contribution in [0.3, 0.4) is 0 Å². The van der Waals surface area contributed by atoms with Gasteiger partial charge in [0, 0.05) is 11.5 Å². The molecule has 0 spiro atoms. The van der Waals surface area contributed by atoms with Gasteiger partial charge in [-0.05, 0) is 57.0 Å². The number of carboxylic acids is 1. The molecule has 1 amide bonds. The Hall–Kier alpha value is -3.61. The topological polar surface area (TPSA) is 88.4 Å². The summed E-state index contributed by atoms with van der Waals surface area (Å²) in [6.07, 6.45) is 5.57. The van der Waals surface area contributed by atoms with Gasteiger partial charge in [0.1, 0.15) is 5.60 Å². The first-order valence-electron chi connectivity index (χ1n) is 11.1. The van der Waals surface area contributed by atoms with Crippen LogP contribution in [-0.2, 0) is 4.79 Å². The molecule has 2 aromatic carbocycles. The van der Waals surface area contributed by atoms with Crippen molar-refractivity contribution >= 4 is 23.3 Å². The van der Waals surface area contributed by atoms with Crippen LogP contribution >= 0.6 is 0 Å². The Morgan fingerprint density at radius 2 is 1.82 bits per heavy atom. The number of nitrogens with zero attached hydrogens (tertiary/aromatic N) is 2. The highest BCUT2D eigenvalue weighted by molar-refractivity contribution is 6.08. The number of anilines is 1. The lowest BCUT2D eigenvalue weighted by Gasteiger charge is -2.40. The van der Waals surface area contributed by atoms with Gasteiger partial charge in [0.25, 0.3) is 5.91 Å². The van der Waals surface area contributed by atoms with Crippen molar-refractivity contribution in [3.63, 3.8) is 0 Å². The van der Waals surface area contributed by atoms with Crippen LogP contribution in [0.1, 0.15) is 48.5 Å². The molecule has 3 atom stereocenters. The molecule has 0 aromatic heterocycles. The summed E-state index contributed by atoms with van der Waals surface area (Å²) >= 11 is 0. The molecule has 5 rings (SSSR count). The number of ether oxygens (including phenoxy) is 2. The number of carbonyl (C=O) groups excluding carboxylic acids is 1. The fourth-order valence-corrected chi connectivity index (χ4v) is 5.25. The number of hydrazone groups is 1. The molecular weight excluding hydrogens is 420 g/mol. The van der Waals surface area contributed by atoms with Crippen LogP contribution in [0.15, 0.2) is 59.7 Å². The number of carboxylic acid groups (broad SMARTS) is 1. The minimum absolute atomic E-state index is 0.0259. The Balaban J connectivity index is 1.64. The van der Waals surface area contributed by atoms with Gasteiger partial charge < -0.3 is 14.6 Å². The number of para-hydroxylation sites is 1. The summed E-state index contributed by atoms with van der Waals surface area (Å²) in [7, 11) is 1.63. The highest BCUT2D eigenvalue weighted by Crippen LogP contribution is 2.52. The van der Waals surface area contributed by atoms with E-state index >= 15 is 0 Å². The molecule has 170 valence electrons. The van der Waals surface area contributed by atoms with Gasteiger partial charge in [-0.1, -0.05) is 24.3 Å². The minimum Gasteiger partial charge on any atom is -0.493 e. The Morgan fingerprint density at radius 3 is 2.48 bits per heavy atom. The lowest BCUT2D eigenvalue weighted by atomic mass is 9.70. The van der Waals surface area contributed by atoms with Gasteiger partial charge in [-0.15, -0.1) is 0 Å². The van der Waals surface area contributed by atoms with Gasteiger partial charge in [0.15, 0.2) is 11.5 Å². The Labute approximate surface area is 192 Å². The van der Waals surface area contributed by atoms with Crippen molar-refractivity contribution in [2.24, 2.45) is 16.9 Å². The van der Waals surface area contributed by atoms with Crippen LogP contribution in [0.25, 0.3) is 0 Å². The average Bonchev–Trinajstić information content (AvgIpc) is 3.09. The number of methoxy groups -OCH3 is 1. The number of rotatable bonds is 4. The largest absolute Gasteiger partial charge is 0.493 e. The molecule has 0 saturated heterocycles. The molecule has 1 N–H and O–H groups in total. The summed E-state index contributed by atoms with van der Waals surface area (Å²) < 4.78 is 11.9. The molecule has 1 aliphatic carbocycles. The van der Waals surface area contributed by atoms with E-state index in [1.54, 1.807) is 19.2 Å². The average molecular weight is 447 g/mol. The molecule has 0 bridgehead atoms. The van der Waals surface area contributed by atoms with Gasteiger partial charge in [-0.2, -0.15) is 5.10 Å². The second kappa shape index (κ2) is 7.76. The summed E-state index contributed by atoms with van der Waals surface area (Å²) in [5.41, 5.74) is 2.04. The number of hydrogen-bond donors (Lipinski definition) is 1. The summed E-state index contributed by atoms with van der Waals surface area (Å²) in [4.78, 5) is 24.7. The van der Waals surface area contributed by atoms with Gasteiger partial charge in [0.2, 0.25) is 0 Å². The molecule has 0 fully saturated rings. The maximum absolute atomic E-state index is 13.5. The standard InChI is InChI=1S/C26H26N2O5/c1-26(2)21(19-9-6-10-20(32-3)23(19)33-26)22-17-7-4-5-8-18(17)24(29)28(27-22)16-13-11-15(12-14-16)25(30)31/h4-6,9-14,17-18,21H,7-8H2,1-3H3,(H,30,31)/t17-,18+,21?/m0/s1. The van der Waals surface area contributed by atoms with E-state index in [2.05, 4.69) is 12.2 Å². The van der Waals surface area contributed by atoms with Gasteiger partial charge in [-0.3, -0.25) is 4.79 Å². The van der Waals surface area contributed by atoms with Crippen molar-refractivity contribution in [3.05, 3.63) is 65.7 Å². The van der Waals surface area contributed by atoms with Gasteiger partial charge >= 0.3 is 5.97 Å². The monoisotopic (exact) mass is 446 g/mol. The van der Waals surface area contributed by atoms with Crippen molar-refractivity contribution in [2.75, 3.05) is 12.1 Å². The molecule has 2 heterocycles. The van der Waals surface area contributed by atoms with Crippen molar-refractivity contribution in [1.82, 2.24) is 0 Å². The Bertz CT molecular complexity index is 1180. The minimum atomic E-state index is -1.01. The zero-order valence-corrected chi connectivity index (χ0v) is 18.8. The summed E-state index contributed by atoms with van der Waals surface area (Å²) in [5, 5.41) is 15.6. The predicted molar refractivity (Wildman–Crippen MR) is 124 cm³/mol. The fraction of sp³-hybridized carbons (Fsp3) is 0.346. The molecule has 0 saturated carbocycles. The highest BCUT2D eigenvalue weighted by Gasteiger charge is 2.51. The molecular formula is C26H26N2O5. The van der Waals surface area contributed by atoms with Crippen LogP contribution in [0.2, 0.25) is 0 Å². The summed E-state index contributed by atoms with van der Waals surface area (Å²) in [6, 6.07) is 12.1. The van der Waals surface area contributed by atoms with E-state index in [1.807, 2.05) is 32.0 Å². The van der Waals surface area contributed by atoms with Gasteiger partial charge in [0.05, 0.1) is 35.9 Å². The van der Waals surface area contributed by atoms with Crippen LogP contribution in [0, 0.1) is 11.8 Å². The third-order valence-corrected chi connectivity index (χ3v) is 6.81. The lowest BCUT2D eigenvalue weighted by Crippen LogP contribution is -2.49. The van der Waals surface area contributed by atoms with E-state index in [4.69, 9.17) is 14.6 Å². The van der Waals surface area contributed by atoms with E-state index in [1.165, 1.54) is 17.1 Å². The summed E-state index contributed by atoms with van der Waals surface area (Å²) in [6.45, 7) is 4.07. The third-order valence-electron chi connectivity index (χ3n) is 6.81. The normalized spacial score (nSPS) is 25.1. The number of aromatic carboxylic acids is 1. The smallest absolute Gasteiger partial charge is 0.335 e. The van der Waals surface area contributed by atoms with Crippen LogP contribution in [0.4, 0.5) is 5.69 Å². The molecule has 7 heteroatoms. The zero-order valence-electron chi connectivity index (χ0n) is 18.8. The number of fused-ring (bicyclic) bond motifs is 2. The van der Waals surface area contributed by atoms with Crippen molar-refractivity contribution in [2.45, 2.75) is 38.2 Å². The number of carbonyl (C=O) groups is 2. The first-order chi connectivity index (χ1) is 15.8. The van der Waals surface area contributed by atoms with Crippen molar-refractivity contribution in [1.29, 1.82) is 0 Å². The lowest BCUT2D eigenvalue weighted by molar-refractivity contribution is -0.124. The molecule has 7 nitrogen and oxygen atoms in total. The van der Waals surface area contributed by atoms with E-state index in [9.17, 15) is 14.7 Å². The number of benzene rings is 2. The fourth-order valence-electron chi connectivity index (χ4n) is 5.25. The maximum atomic E-state index is 13.5. The molecule has 2 aromatic rings. The highest BCUT2D eigenvalue weighted by atomic mass is 16.5. The first kappa shape index (κ1) is 21.2. The second-order valence-corrected chi connectivity index (χ2v) is 9.20. The van der Waals surface area contributed by atoms with Crippen LogP contribution in [0.5, 0.6) is 11.5 Å². The second-order valence-electron chi connectivity index (χ2n) is 9.20. The van der Waals surface area contributed by atoms with Crippen molar-refractivity contribution in [3.8, 4) is 11.5 Å². The van der Waals surface area contributed by atoms with E-state index in [0.29, 0.717) is 17.9 Å². The quantitative estimate of drug-likeness (QED) is 0.692. The molecule has 0 radical (unpaired) electrons.